The third kappa shape index (κ3) is 10.7. The molecule has 10 nitrogen and oxygen atoms in total. The Morgan fingerprint density at radius 1 is 0.532 bits per heavy atom. The van der Waals surface area contributed by atoms with E-state index in [4.69, 9.17) is 28.9 Å². The van der Waals surface area contributed by atoms with Gasteiger partial charge in [-0.2, -0.15) is 0 Å². The lowest BCUT2D eigenvalue weighted by Crippen LogP contribution is -2.59. The van der Waals surface area contributed by atoms with Crippen LogP contribution in [-0.4, -0.2) is 83.5 Å². The zero-order chi connectivity index (χ0) is 43.0. The van der Waals surface area contributed by atoms with Crippen molar-refractivity contribution in [2.24, 2.45) is 0 Å². The van der Waals surface area contributed by atoms with E-state index in [0.29, 0.717) is 13.2 Å². The van der Waals surface area contributed by atoms with Gasteiger partial charge in [-0.05, 0) is 127 Å². The highest BCUT2D eigenvalue weighted by Gasteiger charge is 2.36. The molecule has 0 spiro atoms. The molecule has 4 heterocycles. The Morgan fingerprint density at radius 2 is 0.919 bits per heavy atom. The van der Waals surface area contributed by atoms with Gasteiger partial charge in [0.05, 0.1) is 72.3 Å². The number of para-hydroxylation sites is 2. The molecule has 0 saturated carbocycles. The minimum atomic E-state index is 0.0862. The number of hydrazine groups is 1. The average molecular weight is 837 g/mol. The lowest BCUT2D eigenvalue weighted by atomic mass is 9.99. The lowest BCUT2D eigenvalue weighted by molar-refractivity contribution is 0.183. The third-order valence-corrected chi connectivity index (χ3v) is 11.8. The number of pyridine rings is 2. The van der Waals surface area contributed by atoms with Crippen LogP contribution in [0.4, 0.5) is 11.4 Å². The van der Waals surface area contributed by atoms with Crippen LogP contribution in [0.3, 0.4) is 0 Å². The highest BCUT2D eigenvalue weighted by atomic mass is 16.5. The monoisotopic (exact) mass is 836 g/mol. The van der Waals surface area contributed by atoms with Gasteiger partial charge in [0.2, 0.25) is 0 Å². The number of ether oxygens (including phenoxy) is 4. The molecule has 4 aromatic carbocycles. The Labute approximate surface area is 368 Å². The number of likely N-dealkylation sites (tertiary alicyclic amines) is 2. The van der Waals surface area contributed by atoms with Crippen LogP contribution in [0.2, 0.25) is 0 Å². The molecule has 0 aliphatic carbocycles. The summed E-state index contributed by atoms with van der Waals surface area (Å²) in [5.41, 5.74) is 6.66. The molecule has 2 aliphatic rings. The third-order valence-electron chi connectivity index (χ3n) is 11.8. The molecular formula is C52H64N6O4. The highest BCUT2D eigenvalue weighted by molar-refractivity contribution is 5.84. The molecule has 326 valence electrons. The number of rotatable bonds is 17. The standard InChI is InChI=1S/C52H64N6O4/c1-7-59-47-25-39(26-48(31-47)60-8-2)35-55-21-17-43(18-22-55)57(45-29-41-13-9-11-15-51(41)53-33-45)58(46-30-42-14-10-12-16-52(42)54-34-46)44-19-23-56(24-20-44)36-40-27-49(61-37(3)4)32-50(28-40)62-38(5)6/h9-16,25-34,37-38,43-44H,7-8,17-24,35-36H2,1-6H3. The second-order valence-electron chi connectivity index (χ2n) is 17.3. The number of hydrogen-bond acceptors (Lipinski definition) is 10. The molecule has 0 bridgehead atoms. The second-order valence-corrected chi connectivity index (χ2v) is 17.3. The van der Waals surface area contributed by atoms with E-state index >= 15 is 0 Å². The second kappa shape index (κ2) is 20.1. The van der Waals surface area contributed by atoms with Crippen LogP contribution in [0.1, 0.15) is 78.4 Å². The largest absolute Gasteiger partial charge is 0.494 e. The van der Waals surface area contributed by atoms with Gasteiger partial charge < -0.3 is 18.9 Å². The Bertz CT molecular complexity index is 2340. The smallest absolute Gasteiger partial charge is 0.123 e. The fourth-order valence-electron chi connectivity index (χ4n) is 9.18. The summed E-state index contributed by atoms with van der Waals surface area (Å²) in [6.45, 7) is 19.1. The first-order valence-corrected chi connectivity index (χ1v) is 22.8. The van der Waals surface area contributed by atoms with Gasteiger partial charge in [0, 0.05) is 62.2 Å². The summed E-state index contributed by atoms with van der Waals surface area (Å²) in [4.78, 5) is 15.3. The van der Waals surface area contributed by atoms with Crippen LogP contribution in [0.5, 0.6) is 23.0 Å². The molecule has 2 aliphatic heterocycles. The maximum Gasteiger partial charge on any atom is 0.123 e. The van der Waals surface area contributed by atoms with Gasteiger partial charge in [-0.3, -0.25) is 29.8 Å². The molecule has 2 fully saturated rings. The topological polar surface area (TPSA) is 75.7 Å². The predicted octanol–water partition coefficient (Wildman–Crippen LogP) is 10.7. The van der Waals surface area contributed by atoms with Crippen LogP contribution in [0.25, 0.3) is 21.8 Å². The van der Waals surface area contributed by atoms with Crippen molar-refractivity contribution < 1.29 is 18.9 Å². The Morgan fingerprint density at radius 3 is 1.32 bits per heavy atom. The number of piperidine rings is 2. The minimum absolute atomic E-state index is 0.0862. The van der Waals surface area contributed by atoms with Gasteiger partial charge in [0.15, 0.2) is 0 Å². The van der Waals surface area contributed by atoms with Gasteiger partial charge in [-0.15, -0.1) is 0 Å². The molecule has 2 saturated heterocycles. The molecular weight excluding hydrogens is 773 g/mol. The minimum Gasteiger partial charge on any atom is -0.494 e. The number of hydrogen-bond donors (Lipinski definition) is 0. The maximum atomic E-state index is 6.18. The van der Waals surface area contributed by atoms with E-state index in [1.54, 1.807) is 0 Å². The maximum absolute atomic E-state index is 6.18. The van der Waals surface area contributed by atoms with Crippen molar-refractivity contribution in [1.82, 2.24) is 19.8 Å². The lowest BCUT2D eigenvalue weighted by Gasteiger charge is -2.50. The Balaban J connectivity index is 1.09. The van der Waals surface area contributed by atoms with Crippen LogP contribution in [-0.2, 0) is 13.1 Å². The summed E-state index contributed by atoms with van der Waals surface area (Å²) in [5.74, 6) is 3.45. The predicted molar refractivity (Wildman–Crippen MR) is 252 cm³/mol. The van der Waals surface area contributed by atoms with Gasteiger partial charge in [0.1, 0.15) is 23.0 Å². The normalized spacial score (nSPS) is 15.7. The van der Waals surface area contributed by atoms with Crippen molar-refractivity contribution in [1.29, 1.82) is 0 Å². The van der Waals surface area contributed by atoms with Crippen molar-refractivity contribution in [3.05, 3.63) is 121 Å². The molecule has 0 amide bonds. The molecule has 0 N–H and O–H groups in total. The van der Waals surface area contributed by atoms with Gasteiger partial charge in [-0.25, -0.2) is 0 Å². The van der Waals surface area contributed by atoms with Crippen molar-refractivity contribution in [3.8, 4) is 23.0 Å². The van der Waals surface area contributed by atoms with E-state index in [1.165, 1.54) is 11.1 Å². The van der Waals surface area contributed by atoms with Crippen LogP contribution >= 0.6 is 0 Å². The highest BCUT2D eigenvalue weighted by Crippen LogP contribution is 2.36. The Kier molecular flexibility index (Phi) is 14.0. The van der Waals surface area contributed by atoms with Crippen molar-refractivity contribution in [2.75, 3.05) is 49.4 Å². The van der Waals surface area contributed by atoms with Crippen molar-refractivity contribution in [2.45, 2.75) is 105 Å². The Hall–Kier alpha value is -5.58. The molecule has 6 aromatic rings. The fraction of sp³-hybridized carbons (Fsp3) is 0.423. The van der Waals surface area contributed by atoms with E-state index in [-0.39, 0.29) is 24.3 Å². The molecule has 0 unspecified atom stereocenters. The zero-order valence-electron chi connectivity index (χ0n) is 37.5. The van der Waals surface area contributed by atoms with E-state index in [0.717, 1.165) is 121 Å². The first-order chi connectivity index (χ1) is 30.2. The van der Waals surface area contributed by atoms with Gasteiger partial charge in [0.25, 0.3) is 0 Å². The fourth-order valence-corrected chi connectivity index (χ4v) is 9.18. The summed E-state index contributed by atoms with van der Waals surface area (Å²) in [5, 5.41) is 7.49. The van der Waals surface area contributed by atoms with Crippen molar-refractivity contribution in [3.63, 3.8) is 0 Å². The summed E-state index contributed by atoms with van der Waals surface area (Å²) in [6, 6.07) is 34.8. The van der Waals surface area contributed by atoms with E-state index in [2.05, 4.69) is 145 Å². The summed E-state index contributed by atoms with van der Waals surface area (Å²) in [6.07, 6.45) is 8.35. The summed E-state index contributed by atoms with van der Waals surface area (Å²) in [7, 11) is 0. The number of nitrogens with zero attached hydrogens (tertiary/aromatic N) is 6. The first-order valence-electron chi connectivity index (χ1n) is 22.8. The number of fused-ring (bicyclic) bond motifs is 2. The average Bonchev–Trinajstić information content (AvgIpc) is 3.26. The molecule has 10 heteroatoms. The molecule has 0 atom stereocenters. The number of anilines is 2. The molecule has 62 heavy (non-hydrogen) atoms. The van der Waals surface area contributed by atoms with E-state index in [1.807, 2.05) is 26.0 Å². The van der Waals surface area contributed by atoms with Crippen molar-refractivity contribution >= 4 is 33.2 Å². The van der Waals surface area contributed by atoms with Gasteiger partial charge in [-0.1, -0.05) is 36.4 Å². The zero-order valence-corrected chi connectivity index (χ0v) is 37.5. The van der Waals surface area contributed by atoms with Crippen LogP contribution in [0, 0.1) is 0 Å². The molecule has 0 radical (unpaired) electrons. The van der Waals surface area contributed by atoms with Crippen LogP contribution in [0.15, 0.2) is 109 Å². The quantitative estimate of drug-likeness (QED) is 0.0829. The van der Waals surface area contributed by atoms with E-state index in [9.17, 15) is 0 Å². The van der Waals surface area contributed by atoms with E-state index < -0.39 is 0 Å². The molecule has 2 aromatic heterocycles. The number of aromatic nitrogens is 2. The van der Waals surface area contributed by atoms with Gasteiger partial charge >= 0.3 is 0 Å². The SMILES string of the molecule is CCOc1cc(CN2CCC(N(c3cnc4ccccc4c3)N(c3cnc4ccccc4c3)C3CCN(Cc4cc(OC(C)C)cc(OC(C)C)c4)CC3)CC2)cc(OCC)c1. The van der Waals surface area contributed by atoms with Crippen LogP contribution < -0.4 is 29.0 Å². The molecule has 8 rings (SSSR count). The summed E-state index contributed by atoms with van der Waals surface area (Å²) < 4.78 is 24.2. The number of benzene rings is 4. The first kappa shape index (κ1) is 43.1. The summed E-state index contributed by atoms with van der Waals surface area (Å²) >= 11 is 0.